The largest absolute Gasteiger partial charge is 0.493 e. The van der Waals surface area contributed by atoms with Gasteiger partial charge in [-0.05, 0) is 36.6 Å². The van der Waals surface area contributed by atoms with Crippen LogP contribution in [-0.4, -0.2) is 18.6 Å². The van der Waals surface area contributed by atoms with Crippen LogP contribution in [0.1, 0.15) is 49.0 Å². The monoisotopic (exact) mass is 247 g/mol. The molecule has 0 saturated heterocycles. The number of hydrogen-bond donors (Lipinski definition) is 1. The van der Waals surface area contributed by atoms with Crippen molar-refractivity contribution in [3.05, 3.63) is 29.3 Å². The van der Waals surface area contributed by atoms with E-state index in [-0.39, 0.29) is 11.9 Å². The third-order valence-electron chi connectivity index (χ3n) is 3.42. The van der Waals surface area contributed by atoms with Gasteiger partial charge in [0.05, 0.1) is 6.61 Å². The summed E-state index contributed by atoms with van der Waals surface area (Å²) in [6, 6.07) is 5.99. The fourth-order valence-electron chi connectivity index (χ4n) is 2.32. The van der Waals surface area contributed by atoms with Gasteiger partial charge in [-0.3, -0.25) is 4.79 Å². The Hall–Kier alpha value is -1.51. The van der Waals surface area contributed by atoms with Crippen LogP contribution < -0.4 is 10.1 Å². The van der Waals surface area contributed by atoms with E-state index in [1.54, 1.807) is 0 Å². The first-order valence-corrected chi connectivity index (χ1v) is 6.81. The first-order valence-electron chi connectivity index (χ1n) is 6.81. The lowest BCUT2D eigenvalue weighted by Gasteiger charge is -2.16. The molecule has 1 N–H and O–H groups in total. The molecular weight excluding hydrogens is 226 g/mol. The molecule has 0 aromatic heterocycles. The normalized spacial score (nSPS) is 14.8. The van der Waals surface area contributed by atoms with Gasteiger partial charge in [-0.2, -0.15) is 0 Å². The lowest BCUT2D eigenvalue weighted by molar-refractivity contribution is 0.0933. The molecule has 3 heteroatoms. The van der Waals surface area contributed by atoms with Crippen LogP contribution in [0.5, 0.6) is 5.75 Å². The Labute approximate surface area is 109 Å². The van der Waals surface area contributed by atoms with E-state index in [0.29, 0.717) is 0 Å². The third-order valence-corrected chi connectivity index (χ3v) is 3.42. The van der Waals surface area contributed by atoms with Crippen molar-refractivity contribution in [1.82, 2.24) is 5.32 Å². The van der Waals surface area contributed by atoms with E-state index in [2.05, 4.69) is 19.2 Å². The second kappa shape index (κ2) is 5.89. The van der Waals surface area contributed by atoms with Crippen LogP contribution in [0.25, 0.3) is 0 Å². The highest BCUT2D eigenvalue weighted by Gasteiger charge is 2.16. The van der Waals surface area contributed by atoms with Crippen molar-refractivity contribution < 1.29 is 9.53 Å². The highest BCUT2D eigenvalue weighted by Crippen LogP contribution is 2.25. The van der Waals surface area contributed by atoms with E-state index in [4.69, 9.17) is 4.74 Å². The van der Waals surface area contributed by atoms with Crippen molar-refractivity contribution >= 4 is 5.91 Å². The van der Waals surface area contributed by atoms with E-state index in [1.807, 2.05) is 18.2 Å². The summed E-state index contributed by atoms with van der Waals surface area (Å²) in [5.41, 5.74) is 1.89. The molecule has 98 valence electrons. The lowest BCUT2D eigenvalue weighted by atomic mass is 10.1. The molecule has 1 atom stereocenters. The van der Waals surface area contributed by atoms with Crippen LogP contribution >= 0.6 is 0 Å². The summed E-state index contributed by atoms with van der Waals surface area (Å²) >= 11 is 0. The molecule has 3 nitrogen and oxygen atoms in total. The Morgan fingerprint density at radius 3 is 3.00 bits per heavy atom. The van der Waals surface area contributed by atoms with Gasteiger partial charge in [-0.1, -0.05) is 20.3 Å². The molecule has 1 aromatic carbocycles. The molecule has 0 saturated carbocycles. The highest BCUT2D eigenvalue weighted by atomic mass is 16.5. The summed E-state index contributed by atoms with van der Waals surface area (Å²) in [4.78, 5) is 12.1. The van der Waals surface area contributed by atoms with Gasteiger partial charge in [-0.15, -0.1) is 0 Å². The SMILES string of the molecule is CCCC(CC)NC(=O)c1ccc2c(c1)CCO2. The minimum atomic E-state index is 0.0324. The van der Waals surface area contributed by atoms with E-state index in [0.717, 1.165) is 49.2 Å². The maximum absolute atomic E-state index is 12.1. The van der Waals surface area contributed by atoms with Gasteiger partial charge < -0.3 is 10.1 Å². The average Bonchev–Trinajstić information content (AvgIpc) is 2.85. The van der Waals surface area contributed by atoms with Gasteiger partial charge in [-0.25, -0.2) is 0 Å². The number of carbonyl (C=O) groups is 1. The predicted octanol–water partition coefficient (Wildman–Crippen LogP) is 2.93. The second-order valence-electron chi connectivity index (χ2n) is 4.79. The zero-order chi connectivity index (χ0) is 13.0. The van der Waals surface area contributed by atoms with Crippen molar-refractivity contribution in [3.8, 4) is 5.75 Å². The van der Waals surface area contributed by atoms with Gasteiger partial charge in [0.1, 0.15) is 5.75 Å². The van der Waals surface area contributed by atoms with Gasteiger partial charge >= 0.3 is 0 Å². The van der Waals surface area contributed by atoms with E-state index >= 15 is 0 Å². The molecule has 2 rings (SSSR count). The first-order chi connectivity index (χ1) is 8.74. The molecule has 1 aromatic rings. The predicted molar refractivity (Wildman–Crippen MR) is 72.1 cm³/mol. The smallest absolute Gasteiger partial charge is 0.251 e. The standard InChI is InChI=1S/C15H21NO2/c1-3-5-13(4-2)16-15(17)12-6-7-14-11(10-12)8-9-18-14/h6-7,10,13H,3-5,8-9H2,1-2H3,(H,16,17). The summed E-state index contributed by atoms with van der Waals surface area (Å²) in [7, 11) is 0. The number of nitrogens with one attached hydrogen (secondary N) is 1. The molecular formula is C15H21NO2. The molecule has 1 unspecified atom stereocenters. The zero-order valence-electron chi connectivity index (χ0n) is 11.2. The summed E-state index contributed by atoms with van der Waals surface area (Å²) in [6.45, 7) is 4.98. The van der Waals surface area contributed by atoms with Gasteiger partial charge in [0.15, 0.2) is 0 Å². The number of hydrogen-bond acceptors (Lipinski definition) is 2. The second-order valence-corrected chi connectivity index (χ2v) is 4.79. The summed E-state index contributed by atoms with van der Waals surface area (Å²) in [5.74, 6) is 0.956. The molecule has 0 spiro atoms. The van der Waals surface area contributed by atoms with Crippen molar-refractivity contribution in [1.29, 1.82) is 0 Å². The van der Waals surface area contributed by atoms with Crippen LogP contribution in [0.4, 0.5) is 0 Å². The van der Waals surface area contributed by atoms with E-state index in [1.165, 1.54) is 0 Å². The van der Waals surface area contributed by atoms with Crippen molar-refractivity contribution in [2.75, 3.05) is 6.61 Å². The molecule has 0 radical (unpaired) electrons. The van der Waals surface area contributed by atoms with Crippen molar-refractivity contribution in [3.63, 3.8) is 0 Å². The summed E-state index contributed by atoms with van der Waals surface area (Å²) in [6.07, 6.45) is 4.02. The molecule has 1 aliphatic rings. The van der Waals surface area contributed by atoms with Gasteiger partial charge in [0.2, 0.25) is 0 Å². The minimum Gasteiger partial charge on any atom is -0.493 e. The van der Waals surface area contributed by atoms with Crippen molar-refractivity contribution in [2.24, 2.45) is 0 Å². The fraction of sp³-hybridized carbons (Fsp3) is 0.533. The maximum atomic E-state index is 12.1. The lowest BCUT2D eigenvalue weighted by Crippen LogP contribution is -2.34. The highest BCUT2D eigenvalue weighted by molar-refractivity contribution is 5.94. The minimum absolute atomic E-state index is 0.0324. The number of fused-ring (bicyclic) bond motifs is 1. The van der Waals surface area contributed by atoms with Crippen LogP contribution in [0, 0.1) is 0 Å². The van der Waals surface area contributed by atoms with Crippen LogP contribution in [0.2, 0.25) is 0 Å². The van der Waals surface area contributed by atoms with E-state index in [9.17, 15) is 4.79 Å². The van der Waals surface area contributed by atoms with Crippen LogP contribution in [-0.2, 0) is 6.42 Å². The number of carbonyl (C=O) groups excluding carboxylic acids is 1. The molecule has 1 amide bonds. The van der Waals surface area contributed by atoms with Crippen LogP contribution in [0.3, 0.4) is 0 Å². The van der Waals surface area contributed by atoms with E-state index < -0.39 is 0 Å². The topological polar surface area (TPSA) is 38.3 Å². The fourth-order valence-corrected chi connectivity index (χ4v) is 2.32. The Morgan fingerprint density at radius 1 is 1.44 bits per heavy atom. The molecule has 18 heavy (non-hydrogen) atoms. The molecule has 0 bridgehead atoms. The Morgan fingerprint density at radius 2 is 2.28 bits per heavy atom. The van der Waals surface area contributed by atoms with Gasteiger partial charge in [0.25, 0.3) is 5.91 Å². The third kappa shape index (κ3) is 2.84. The maximum Gasteiger partial charge on any atom is 0.251 e. The van der Waals surface area contributed by atoms with Crippen LogP contribution in [0.15, 0.2) is 18.2 Å². The average molecular weight is 247 g/mol. The Balaban J connectivity index is 2.04. The Bertz CT molecular complexity index is 429. The number of benzene rings is 1. The molecule has 1 heterocycles. The molecule has 0 aliphatic carbocycles. The number of amides is 1. The number of rotatable bonds is 5. The first kappa shape index (κ1) is 12.9. The van der Waals surface area contributed by atoms with Gasteiger partial charge in [0, 0.05) is 18.0 Å². The Kier molecular flexibility index (Phi) is 4.24. The number of ether oxygens (including phenoxy) is 1. The quantitative estimate of drug-likeness (QED) is 0.868. The van der Waals surface area contributed by atoms with Crippen molar-refractivity contribution in [2.45, 2.75) is 45.6 Å². The molecule has 1 aliphatic heterocycles. The summed E-state index contributed by atoms with van der Waals surface area (Å²) < 4.78 is 5.44. The molecule has 0 fully saturated rings. The summed E-state index contributed by atoms with van der Waals surface area (Å²) in [5, 5.41) is 3.10. The zero-order valence-corrected chi connectivity index (χ0v) is 11.2.